The molecule has 1 aromatic carbocycles. The first-order valence-corrected chi connectivity index (χ1v) is 7.17. The van der Waals surface area contributed by atoms with E-state index in [0.717, 1.165) is 6.07 Å². The van der Waals surface area contributed by atoms with Gasteiger partial charge in [-0.25, -0.2) is 13.6 Å². The Balaban J connectivity index is 1.76. The molecule has 0 fully saturated rings. The Hall–Kier alpha value is -3.09. The minimum Gasteiger partial charge on any atom is -0.467 e. The summed E-state index contributed by atoms with van der Waals surface area (Å²) in [6.45, 7) is 0.338. The monoisotopic (exact) mass is 332 g/mol. The van der Waals surface area contributed by atoms with Crippen LogP contribution in [-0.2, 0) is 13.1 Å². The van der Waals surface area contributed by atoms with Crippen LogP contribution in [0, 0.1) is 11.6 Å². The highest BCUT2D eigenvalue weighted by Crippen LogP contribution is 2.17. The molecule has 7 heteroatoms. The molecule has 0 atom stereocenters. The molecule has 2 heterocycles. The Morgan fingerprint density at radius 2 is 1.62 bits per heavy atom. The van der Waals surface area contributed by atoms with Gasteiger partial charge < -0.3 is 19.1 Å². The van der Waals surface area contributed by atoms with E-state index >= 15 is 0 Å². The summed E-state index contributed by atoms with van der Waals surface area (Å²) >= 11 is 0. The van der Waals surface area contributed by atoms with Gasteiger partial charge in [0.2, 0.25) is 0 Å². The lowest BCUT2D eigenvalue weighted by Crippen LogP contribution is -2.34. The minimum absolute atomic E-state index is 0.106. The van der Waals surface area contributed by atoms with Crippen LogP contribution in [0.1, 0.15) is 11.5 Å². The Kier molecular flexibility index (Phi) is 4.60. The first-order valence-electron chi connectivity index (χ1n) is 7.17. The highest BCUT2D eigenvalue weighted by atomic mass is 19.1. The maximum Gasteiger partial charge on any atom is 0.322 e. The van der Waals surface area contributed by atoms with Gasteiger partial charge in [-0.3, -0.25) is 0 Å². The number of nitrogens with one attached hydrogen (secondary N) is 1. The van der Waals surface area contributed by atoms with Crippen molar-refractivity contribution in [3.63, 3.8) is 0 Å². The van der Waals surface area contributed by atoms with Gasteiger partial charge in [0.1, 0.15) is 23.2 Å². The van der Waals surface area contributed by atoms with Gasteiger partial charge in [-0.05, 0) is 36.4 Å². The summed E-state index contributed by atoms with van der Waals surface area (Å²) in [5.41, 5.74) is -0.106. The normalized spacial score (nSPS) is 10.6. The topological polar surface area (TPSA) is 58.6 Å². The molecule has 0 spiro atoms. The van der Waals surface area contributed by atoms with E-state index in [2.05, 4.69) is 5.32 Å². The van der Waals surface area contributed by atoms with E-state index in [1.54, 1.807) is 24.3 Å². The molecule has 0 aliphatic carbocycles. The molecule has 3 aromatic rings. The number of hydrogen-bond acceptors (Lipinski definition) is 3. The third kappa shape index (κ3) is 3.81. The van der Waals surface area contributed by atoms with Crippen LogP contribution in [0.25, 0.3) is 0 Å². The van der Waals surface area contributed by atoms with Crippen molar-refractivity contribution in [2.45, 2.75) is 13.1 Å². The van der Waals surface area contributed by atoms with Crippen molar-refractivity contribution >= 4 is 11.7 Å². The van der Waals surface area contributed by atoms with Gasteiger partial charge in [0.15, 0.2) is 0 Å². The number of nitrogens with zero attached hydrogens (tertiary/aromatic N) is 1. The van der Waals surface area contributed by atoms with Crippen molar-refractivity contribution in [3.05, 3.63) is 78.1 Å². The molecule has 0 unspecified atom stereocenters. The summed E-state index contributed by atoms with van der Waals surface area (Å²) in [5.74, 6) is -0.430. The van der Waals surface area contributed by atoms with Crippen molar-refractivity contribution in [1.82, 2.24) is 4.90 Å². The third-order valence-electron chi connectivity index (χ3n) is 3.31. The molecule has 2 amide bonds. The largest absolute Gasteiger partial charge is 0.467 e. The third-order valence-corrected chi connectivity index (χ3v) is 3.31. The number of benzene rings is 1. The van der Waals surface area contributed by atoms with Crippen molar-refractivity contribution in [1.29, 1.82) is 0 Å². The molecule has 0 aliphatic heterocycles. The molecular weight excluding hydrogens is 318 g/mol. The number of amides is 2. The van der Waals surface area contributed by atoms with Crippen LogP contribution in [0.2, 0.25) is 0 Å². The molecule has 0 saturated carbocycles. The number of hydrogen-bond donors (Lipinski definition) is 1. The fourth-order valence-corrected chi connectivity index (χ4v) is 2.17. The van der Waals surface area contributed by atoms with Crippen molar-refractivity contribution in [3.8, 4) is 0 Å². The number of halogens is 2. The quantitative estimate of drug-likeness (QED) is 0.754. The number of carbonyl (C=O) groups is 1. The molecule has 124 valence electrons. The van der Waals surface area contributed by atoms with E-state index in [1.807, 2.05) is 0 Å². The summed E-state index contributed by atoms with van der Waals surface area (Å²) in [6, 6.07) is 9.24. The second-order valence-corrected chi connectivity index (χ2v) is 5.07. The highest BCUT2D eigenvalue weighted by Gasteiger charge is 2.18. The van der Waals surface area contributed by atoms with Crippen molar-refractivity contribution in [2.75, 3.05) is 5.32 Å². The van der Waals surface area contributed by atoms with E-state index in [0.29, 0.717) is 17.6 Å². The van der Waals surface area contributed by atoms with E-state index in [-0.39, 0.29) is 18.8 Å². The van der Waals surface area contributed by atoms with Gasteiger partial charge in [-0.15, -0.1) is 0 Å². The standard InChI is InChI=1S/C17H14F2N2O3/c18-12-5-6-16(15(19)9-12)20-17(22)21(10-13-3-1-7-23-13)11-14-4-2-8-24-14/h1-9H,10-11H2,(H,20,22). The summed E-state index contributed by atoms with van der Waals surface area (Å²) in [6.07, 6.45) is 3.00. The molecule has 1 N–H and O–H groups in total. The van der Waals surface area contributed by atoms with E-state index in [9.17, 15) is 13.6 Å². The van der Waals surface area contributed by atoms with Crippen molar-refractivity contribution < 1.29 is 22.4 Å². The fraction of sp³-hybridized carbons (Fsp3) is 0.118. The number of furan rings is 2. The first-order chi connectivity index (χ1) is 11.6. The van der Waals surface area contributed by atoms with Gasteiger partial charge in [-0.2, -0.15) is 0 Å². The molecule has 24 heavy (non-hydrogen) atoms. The zero-order valence-corrected chi connectivity index (χ0v) is 12.5. The molecule has 0 bridgehead atoms. The number of rotatable bonds is 5. The predicted molar refractivity (Wildman–Crippen MR) is 82.0 cm³/mol. The number of urea groups is 1. The Bertz CT molecular complexity index is 765. The Labute approximate surface area is 136 Å². The van der Waals surface area contributed by atoms with Crippen LogP contribution < -0.4 is 5.32 Å². The summed E-state index contributed by atoms with van der Waals surface area (Å²) in [7, 11) is 0. The minimum atomic E-state index is -0.848. The van der Waals surface area contributed by atoms with Crippen LogP contribution in [0.15, 0.2) is 63.8 Å². The molecule has 2 aromatic heterocycles. The lowest BCUT2D eigenvalue weighted by atomic mass is 10.3. The Morgan fingerprint density at radius 3 is 2.12 bits per heavy atom. The SMILES string of the molecule is O=C(Nc1ccc(F)cc1F)N(Cc1ccco1)Cc1ccco1. The lowest BCUT2D eigenvalue weighted by Gasteiger charge is -2.21. The predicted octanol–water partition coefficient (Wildman–Crippen LogP) is 4.39. The zero-order chi connectivity index (χ0) is 16.9. The average molecular weight is 332 g/mol. The molecule has 3 rings (SSSR count). The highest BCUT2D eigenvalue weighted by molar-refractivity contribution is 5.89. The summed E-state index contributed by atoms with van der Waals surface area (Å²) in [4.78, 5) is 13.9. The second-order valence-electron chi connectivity index (χ2n) is 5.07. The van der Waals surface area contributed by atoms with Crippen LogP contribution >= 0.6 is 0 Å². The van der Waals surface area contributed by atoms with Crippen LogP contribution in [-0.4, -0.2) is 10.9 Å². The van der Waals surface area contributed by atoms with E-state index in [1.165, 1.54) is 23.5 Å². The second kappa shape index (κ2) is 6.99. The lowest BCUT2D eigenvalue weighted by molar-refractivity contribution is 0.195. The van der Waals surface area contributed by atoms with Gasteiger partial charge in [0.25, 0.3) is 0 Å². The van der Waals surface area contributed by atoms with Crippen molar-refractivity contribution in [2.24, 2.45) is 0 Å². The van der Waals surface area contributed by atoms with Gasteiger partial charge in [0.05, 0.1) is 31.3 Å². The van der Waals surface area contributed by atoms with Crippen LogP contribution in [0.5, 0.6) is 0 Å². The van der Waals surface area contributed by atoms with Crippen LogP contribution in [0.4, 0.5) is 19.3 Å². The van der Waals surface area contributed by atoms with E-state index in [4.69, 9.17) is 8.83 Å². The molecular formula is C17H14F2N2O3. The van der Waals surface area contributed by atoms with Gasteiger partial charge in [-0.1, -0.05) is 0 Å². The summed E-state index contributed by atoms with van der Waals surface area (Å²) in [5, 5.41) is 2.42. The molecule has 5 nitrogen and oxygen atoms in total. The molecule has 0 radical (unpaired) electrons. The maximum atomic E-state index is 13.7. The smallest absolute Gasteiger partial charge is 0.322 e. The Morgan fingerprint density at radius 1 is 1.00 bits per heavy atom. The number of carbonyl (C=O) groups excluding carboxylic acids is 1. The van der Waals surface area contributed by atoms with E-state index < -0.39 is 17.7 Å². The summed E-state index contributed by atoms with van der Waals surface area (Å²) < 4.78 is 37.2. The van der Waals surface area contributed by atoms with Gasteiger partial charge >= 0.3 is 6.03 Å². The fourth-order valence-electron chi connectivity index (χ4n) is 2.17. The van der Waals surface area contributed by atoms with Gasteiger partial charge in [0, 0.05) is 6.07 Å². The molecule has 0 aliphatic rings. The number of anilines is 1. The zero-order valence-electron chi connectivity index (χ0n) is 12.5. The first kappa shape index (κ1) is 15.8. The average Bonchev–Trinajstić information content (AvgIpc) is 3.23. The van der Waals surface area contributed by atoms with Crippen LogP contribution in [0.3, 0.4) is 0 Å². The molecule has 0 saturated heterocycles. The maximum absolute atomic E-state index is 13.7.